The summed E-state index contributed by atoms with van der Waals surface area (Å²) in [7, 11) is 0. The van der Waals surface area contributed by atoms with E-state index >= 15 is 0 Å². The molecular weight excluding hydrogens is 52.0 g/mol. The van der Waals surface area contributed by atoms with Crippen LogP contribution in [0, 0.1) is 0 Å². The smallest absolute Gasteiger partial charge is 0.133 e. The van der Waals surface area contributed by atoms with Gasteiger partial charge in [-0.3, -0.25) is 4.79 Å². The Bertz CT molecular complexity index is 41.2. The lowest BCUT2D eigenvalue weighted by Gasteiger charge is -1.26. The molecule has 0 saturated heterocycles. The van der Waals surface area contributed by atoms with Gasteiger partial charge in [0.05, 0.1) is 0 Å². The average Bonchev–Trinajstić information content (AvgIpc) is 1.75. The van der Waals surface area contributed by atoms with E-state index in [2.05, 4.69) is 0 Å². The highest BCUT2D eigenvalue weighted by Gasteiger charge is 2.13. The molecule has 0 aliphatic heterocycles. The van der Waals surface area contributed by atoms with Crippen LogP contribution in [0.4, 0.5) is 0 Å². The van der Waals surface area contributed by atoms with Crippen molar-refractivity contribution in [2.75, 3.05) is 0 Å². The fourth-order valence-electron chi connectivity index (χ4n) is 0.0510. The molecule has 0 bridgehead atoms. The van der Waals surface area contributed by atoms with Gasteiger partial charge in [0, 0.05) is 12.8 Å². The summed E-state index contributed by atoms with van der Waals surface area (Å²) >= 11 is 0. The van der Waals surface area contributed by atoms with Crippen molar-refractivity contribution in [2.45, 2.75) is 12.8 Å². The summed E-state index contributed by atoms with van der Waals surface area (Å²) in [6.07, 6.45) is 1.69. The predicted octanol–water partition coefficient (Wildman–Crippen LogP) is 0.349. The van der Waals surface area contributed by atoms with E-state index in [0.29, 0.717) is 5.78 Å². The molecule has 4 heavy (non-hydrogen) atoms. The van der Waals surface area contributed by atoms with E-state index in [1.807, 2.05) is 0 Å². The third-order valence-corrected chi connectivity index (χ3v) is 0.454. The van der Waals surface area contributed by atoms with E-state index < -0.39 is 0 Å². The van der Waals surface area contributed by atoms with Crippen molar-refractivity contribution in [2.24, 2.45) is 0 Å². The Morgan fingerprint density at radius 3 is 1.75 bits per heavy atom. The van der Waals surface area contributed by atoms with E-state index in [9.17, 15) is 4.79 Å². The molecule has 0 aromatic rings. The van der Waals surface area contributed by atoms with Crippen LogP contribution in [0.5, 0.6) is 0 Å². The second-order valence-corrected chi connectivity index (χ2v) is 1.04. The molecule has 0 aromatic carbocycles. The molecule has 0 heterocycles. The summed E-state index contributed by atoms with van der Waals surface area (Å²) in [5.74, 6) is 0.417. The monoisotopic (exact) mass is 56.0 g/mol. The van der Waals surface area contributed by atoms with E-state index in [-0.39, 0.29) is 0 Å². The first-order valence-corrected chi connectivity index (χ1v) is 1.41. The number of Topliss-reactive ketones (excluding diaryl/α,β-unsaturated/α-hetero) is 1. The molecule has 1 heteroatoms. The molecule has 22 valence electrons. The Morgan fingerprint density at radius 1 is 1.50 bits per heavy atom. The third-order valence-electron chi connectivity index (χ3n) is 0.454. The van der Waals surface area contributed by atoms with Crippen molar-refractivity contribution in [1.29, 1.82) is 0 Å². The Morgan fingerprint density at radius 2 is 1.75 bits per heavy atom. The number of hydrogen-bond acceptors (Lipinski definition) is 1. The number of ketones is 1. The van der Waals surface area contributed by atoms with Gasteiger partial charge in [-0.05, 0) is 0 Å². The minimum atomic E-state index is 0.417. The van der Waals surface area contributed by atoms with Gasteiger partial charge in [0.25, 0.3) is 0 Å². The maximum absolute atomic E-state index is 9.56. The first kappa shape index (κ1) is 1.94. The zero-order chi connectivity index (χ0) is 2.99. The summed E-state index contributed by atoms with van der Waals surface area (Å²) in [6, 6.07) is 0. The second-order valence-electron chi connectivity index (χ2n) is 1.04. The topological polar surface area (TPSA) is 17.1 Å². The fourth-order valence-corrected chi connectivity index (χ4v) is 0.0510. The normalized spacial score (nSPS) is 21.5. The first-order chi connectivity index (χ1) is 1.89. The molecule has 0 atom stereocenters. The molecule has 0 unspecified atom stereocenters. The van der Waals surface area contributed by atoms with Crippen LogP contribution in [0.1, 0.15) is 12.8 Å². The van der Waals surface area contributed by atoms with Crippen molar-refractivity contribution in [3.63, 3.8) is 0 Å². The molecule has 0 spiro atoms. The minimum Gasteiger partial charge on any atom is -0.300 e. The lowest BCUT2D eigenvalue weighted by molar-refractivity contribution is -0.109. The van der Waals surface area contributed by atoms with Crippen LogP contribution in [0.3, 0.4) is 0 Å². The van der Waals surface area contributed by atoms with Gasteiger partial charge in [-0.25, -0.2) is 0 Å². The van der Waals surface area contributed by atoms with Gasteiger partial charge in [-0.1, -0.05) is 0 Å². The highest BCUT2D eigenvalue weighted by molar-refractivity contribution is 5.92. The van der Waals surface area contributed by atoms with Gasteiger partial charge in [-0.2, -0.15) is 0 Å². The van der Waals surface area contributed by atoms with E-state index in [1.165, 1.54) is 0 Å². The van der Waals surface area contributed by atoms with E-state index in [0.717, 1.165) is 12.8 Å². The SMILES string of the molecule is O=C1CC1. The lowest BCUT2D eigenvalue weighted by atomic mass is 10.9. The van der Waals surface area contributed by atoms with Crippen LogP contribution >= 0.6 is 0 Å². The molecule has 0 N–H and O–H groups in total. The zero-order valence-electron chi connectivity index (χ0n) is 2.32. The number of carbonyl (C=O) groups is 1. The molecule has 1 saturated carbocycles. The summed E-state index contributed by atoms with van der Waals surface area (Å²) in [6.45, 7) is 0. The molecular formula is C3H4O. The molecule has 1 aliphatic rings. The zero-order valence-corrected chi connectivity index (χ0v) is 2.32. The van der Waals surface area contributed by atoms with Crippen molar-refractivity contribution in [1.82, 2.24) is 0 Å². The molecule has 0 amide bonds. The maximum atomic E-state index is 9.56. The quantitative estimate of drug-likeness (QED) is 0.391. The molecule has 1 fully saturated rings. The van der Waals surface area contributed by atoms with Gasteiger partial charge in [0.15, 0.2) is 0 Å². The Balaban J connectivity index is 2.60. The molecule has 1 aliphatic carbocycles. The van der Waals surface area contributed by atoms with Crippen LogP contribution in [0.25, 0.3) is 0 Å². The number of hydrogen-bond donors (Lipinski definition) is 0. The summed E-state index contributed by atoms with van der Waals surface area (Å²) in [5.41, 5.74) is 0. The van der Waals surface area contributed by atoms with Crippen molar-refractivity contribution < 1.29 is 4.79 Å². The first-order valence-electron chi connectivity index (χ1n) is 1.41. The van der Waals surface area contributed by atoms with Crippen molar-refractivity contribution in [3.8, 4) is 0 Å². The molecule has 1 rings (SSSR count). The maximum Gasteiger partial charge on any atom is 0.133 e. The van der Waals surface area contributed by atoms with Gasteiger partial charge in [0.2, 0.25) is 0 Å². The Labute approximate surface area is 24.6 Å². The lowest BCUT2D eigenvalue weighted by Crippen LogP contribution is -1.44. The Hall–Kier alpha value is -0.330. The largest absolute Gasteiger partial charge is 0.300 e. The minimum absolute atomic E-state index is 0.417. The van der Waals surface area contributed by atoms with Crippen LogP contribution < -0.4 is 0 Å². The third kappa shape index (κ3) is 0.105. The molecule has 1 nitrogen and oxygen atoms in total. The van der Waals surface area contributed by atoms with E-state index in [4.69, 9.17) is 0 Å². The average molecular weight is 56.1 g/mol. The Kier molecular flexibility index (Phi) is 0.166. The van der Waals surface area contributed by atoms with Crippen LogP contribution in [0.2, 0.25) is 0 Å². The van der Waals surface area contributed by atoms with Crippen LogP contribution in [-0.4, -0.2) is 5.78 Å². The van der Waals surface area contributed by atoms with Crippen molar-refractivity contribution in [3.05, 3.63) is 0 Å². The predicted molar refractivity (Wildman–Crippen MR) is 14.2 cm³/mol. The molecule has 0 radical (unpaired) electrons. The van der Waals surface area contributed by atoms with Gasteiger partial charge in [-0.15, -0.1) is 0 Å². The highest BCUT2D eigenvalue weighted by atomic mass is 16.1. The number of rotatable bonds is 0. The number of carbonyl (C=O) groups excluding carboxylic acids is 1. The summed E-state index contributed by atoms with van der Waals surface area (Å²) in [5, 5.41) is 0. The fraction of sp³-hybridized carbons (Fsp3) is 0.667. The standard InChI is InChI=1S/C3H4O/c4-3-1-2-3/h1-2H2. The highest BCUT2D eigenvalue weighted by Crippen LogP contribution is 2.08. The summed E-state index contributed by atoms with van der Waals surface area (Å²) < 4.78 is 0. The van der Waals surface area contributed by atoms with Crippen molar-refractivity contribution >= 4 is 5.78 Å². The van der Waals surface area contributed by atoms with Gasteiger partial charge >= 0.3 is 0 Å². The van der Waals surface area contributed by atoms with E-state index in [1.54, 1.807) is 0 Å². The van der Waals surface area contributed by atoms with Crippen LogP contribution in [0.15, 0.2) is 0 Å². The second kappa shape index (κ2) is 0.341. The summed E-state index contributed by atoms with van der Waals surface area (Å²) in [4.78, 5) is 9.56. The van der Waals surface area contributed by atoms with Crippen LogP contribution in [-0.2, 0) is 4.79 Å². The van der Waals surface area contributed by atoms with Gasteiger partial charge in [0.1, 0.15) is 5.78 Å². The van der Waals surface area contributed by atoms with Gasteiger partial charge < -0.3 is 0 Å². The molecule has 0 aromatic heterocycles.